The van der Waals surface area contributed by atoms with E-state index in [0.717, 1.165) is 6.54 Å². The molecule has 0 bridgehead atoms. The van der Waals surface area contributed by atoms with Crippen molar-refractivity contribution in [3.05, 3.63) is 35.6 Å². The molecule has 3 nitrogen and oxygen atoms in total. The van der Waals surface area contributed by atoms with Gasteiger partial charge in [-0.1, -0.05) is 19.1 Å². The van der Waals surface area contributed by atoms with Crippen molar-refractivity contribution < 1.29 is 13.9 Å². The Hall–Kier alpha value is -1.26. The molecule has 1 aromatic rings. The quantitative estimate of drug-likeness (QED) is 0.699. The highest BCUT2D eigenvalue weighted by molar-refractivity contribution is 5.97. The van der Waals surface area contributed by atoms with Gasteiger partial charge in [-0.15, -0.1) is 0 Å². The predicted molar refractivity (Wildman–Crippen MR) is 69.3 cm³/mol. The summed E-state index contributed by atoms with van der Waals surface area (Å²) in [7, 11) is 1.63. The zero-order chi connectivity index (χ0) is 13.5. The van der Waals surface area contributed by atoms with Crippen molar-refractivity contribution in [2.75, 3.05) is 26.8 Å². The topological polar surface area (TPSA) is 29.5 Å². The Bertz CT molecular complexity index is 395. The molecule has 4 heteroatoms. The van der Waals surface area contributed by atoms with E-state index in [1.807, 2.05) is 18.7 Å². The number of ether oxygens (including phenoxy) is 1. The van der Waals surface area contributed by atoms with E-state index in [1.165, 1.54) is 12.1 Å². The van der Waals surface area contributed by atoms with Gasteiger partial charge in [0.05, 0.1) is 18.7 Å². The molecule has 0 aliphatic heterocycles. The maximum atomic E-state index is 13.5. The van der Waals surface area contributed by atoms with Crippen LogP contribution < -0.4 is 0 Å². The number of rotatable bonds is 7. The summed E-state index contributed by atoms with van der Waals surface area (Å²) >= 11 is 0. The van der Waals surface area contributed by atoms with Gasteiger partial charge >= 0.3 is 0 Å². The molecule has 1 unspecified atom stereocenters. The molecular weight excluding hydrogens is 233 g/mol. The Morgan fingerprint density at radius 1 is 1.44 bits per heavy atom. The zero-order valence-corrected chi connectivity index (χ0v) is 11.1. The fourth-order valence-corrected chi connectivity index (χ4v) is 1.88. The number of benzene rings is 1. The van der Waals surface area contributed by atoms with E-state index in [1.54, 1.807) is 19.2 Å². The Kier molecular flexibility index (Phi) is 5.95. The Morgan fingerprint density at radius 3 is 2.67 bits per heavy atom. The van der Waals surface area contributed by atoms with Crippen LogP contribution in [0.5, 0.6) is 0 Å². The molecule has 0 fully saturated rings. The Morgan fingerprint density at radius 2 is 2.11 bits per heavy atom. The van der Waals surface area contributed by atoms with E-state index < -0.39 is 5.82 Å². The number of hydrogen-bond donors (Lipinski definition) is 0. The molecule has 1 rings (SSSR count). The van der Waals surface area contributed by atoms with Crippen LogP contribution in [0.1, 0.15) is 24.2 Å². The Balaban J connectivity index is 2.71. The summed E-state index contributed by atoms with van der Waals surface area (Å²) in [5.41, 5.74) is 0.153. The Labute approximate surface area is 108 Å². The highest BCUT2D eigenvalue weighted by atomic mass is 19.1. The number of carbonyl (C=O) groups is 1. The predicted octanol–water partition coefficient (Wildman–Crippen LogP) is 2.37. The van der Waals surface area contributed by atoms with Crippen LogP contribution in [0.3, 0.4) is 0 Å². The van der Waals surface area contributed by atoms with Crippen molar-refractivity contribution in [2.45, 2.75) is 19.9 Å². The van der Waals surface area contributed by atoms with Gasteiger partial charge in [0.1, 0.15) is 5.82 Å². The number of hydrogen-bond acceptors (Lipinski definition) is 3. The third kappa shape index (κ3) is 3.89. The van der Waals surface area contributed by atoms with Crippen molar-refractivity contribution in [3.63, 3.8) is 0 Å². The van der Waals surface area contributed by atoms with Crippen molar-refractivity contribution >= 4 is 5.78 Å². The van der Waals surface area contributed by atoms with Gasteiger partial charge in [0, 0.05) is 13.2 Å². The molecule has 18 heavy (non-hydrogen) atoms. The summed E-state index contributed by atoms with van der Waals surface area (Å²) in [5.74, 6) is -0.657. The molecule has 1 atom stereocenters. The van der Waals surface area contributed by atoms with E-state index in [0.29, 0.717) is 6.61 Å². The summed E-state index contributed by atoms with van der Waals surface area (Å²) in [6.45, 7) is 5.45. The highest BCUT2D eigenvalue weighted by Crippen LogP contribution is 2.09. The molecule has 0 aromatic heterocycles. The number of ketones is 1. The van der Waals surface area contributed by atoms with Crippen molar-refractivity contribution in [2.24, 2.45) is 0 Å². The molecule has 0 amide bonds. The molecule has 0 aliphatic rings. The first-order valence-electron chi connectivity index (χ1n) is 6.10. The van der Waals surface area contributed by atoms with Gasteiger partial charge in [0.15, 0.2) is 5.78 Å². The summed E-state index contributed by atoms with van der Waals surface area (Å²) in [6, 6.07) is 6.22. The van der Waals surface area contributed by atoms with Crippen molar-refractivity contribution in [1.82, 2.24) is 4.90 Å². The van der Waals surface area contributed by atoms with Crippen molar-refractivity contribution in [3.8, 4) is 0 Å². The second-order valence-electron chi connectivity index (χ2n) is 4.27. The number of methoxy groups -OCH3 is 1. The van der Waals surface area contributed by atoms with Gasteiger partial charge in [0.25, 0.3) is 0 Å². The minimum Gasteiger partial charge on any atom is -0.383 e. The van der Waals surface area contributed by atoms with Gasteiger partial charge in [0.2, 0.25) is 0 Å². The van der Waals surface area contributed by atoms with Crippen molar-refractivity contribution in [1.29, 1.82) is 0 Å². The number of likely N-dealkylation sites (N-methyl/N-ethyl adjacent to an activating group) is 1. The third-order valence-electron chi connectivity index (χ3n) is 2.96. The first-order valence-corrected chi connectivity index (χ1v) is 6.10. The average molecular weight is 253 g/mol. The second kappa shape index (κ2) is 7.24. The molecule has 0 N–H and O–H groups in total. The minimum atomic E-state index is -0.460. The van der Waals surface area contributed by atoms with Gasteiger partial charge in [-0.25, -0.2) is 4.39 Å². The summed E-state index contributed by atoms with van der Waals surface area (Å²) in [6.07, 6.45) is 0. The fraction of sp³-hybridized carbons (Fsp3) is 0.500. The lowest BCUT2D eigenvalue weighted by atomic mass is 10.1. The smallest absolute Gasteiger partial charge is 0.179 e. The SMILES string of the molecule is CCN(CC(=O)c1ccccc1F)C(C)COC. The van der Waals surface area contributed by atoms with E-state index in [-0.39, 0.29) is 23.9 Å². The van der Waals surface area contributed by atoms with Gasteiger partial charge in [-0.3, -0.25) is 9.69 Å². The molecule has 0 spiro atoms. The van der Waals surface area contributed by atoms with Gasteiger partial charge in [-0.2, -0.15) is 0 Å². The first kappa shape index (κ1) is 14.8. The zero-order valence-electron chi connectivity index (χ0n) is 11.1. The van der Waals surface area contributed by atoms with Gasteiger partial charge < -0.3 is 4.74 Å². The monoisotopic (exact) mass is 253 g/mol. The number of carbonyl (C=O) groups excluding carboxylic acids is 1. The van der Waals surface area contributed by atoms with Crippen LogP contribution in [0.25, 0.3) is 0 Å². The number of halogens is 1. The maximum absolute atomic E-state index is 13.5. The highest BCUT2D eigenvalue weighted by Gasteiger charge is 2.18. The van der Waals surface area contributed by atoms with E-state index in [4.69, 9.17) is 4.74 Å². The summed E-state index contributed by atoms with van der Waals surface area (Å²) < 4.78 is 18.5. The molecule has 1 aromatic carbocycles. The summed E-state index contributed by atoms with van der Waals surface area (Å²) in [4.78, 5) is 14.0. The first-order chi connectivity index (χ1) is 8.60. The van der Waals surface area contributed by atoms with Crippen LogP contribution in [0.4, 0.5) is 4.39 Å². The van der Waals surface area contributed by atoms with Crippen LogP contribution in [0.2, 0.25) is 0 Å². The maximum Gasteiger partial charge on any atom is 0.179 e. The minimum absolute atomic E-state index is 0.135. The van der Waals surface area contributed by atoms with E-state index >= 15 is 0 Å². The summed E-state index contributed by atoms with van der Waals surface area (Å²) in [5, 5.41) is 0. The molecule has 0 saturated carbocycles. The molecule has 0 aliphatic carbocycles. The average Bonchev–Trinajstić information content (AvgIpc) is 2.36. The standard InChI is InChI=1S/C14H20FNO2/c1-4-16(11(2)10-18-3)9-14(17)12-7-5-6-8-13(12)15/h5-8,11H,4,9-10H2,1-3H3. The number of nitrogens with zero attached hydrogens (tertiary/aromatic N) is 1. The van der Waals surface area contributed by atoms with Gasteiger partial charge in [-0.05, 0) is 25.6 Å². The lowest BCUT2D eigenvalue weighted by Crippen LogP contribution is -2.39. The molecule has 100 valence electrons. The lowest BCUT2D eigenvalue weighted by Gasteiger charge is -2.26. The van der Waals surface area contributed by atoms with Crippen LogP contribution in [-0.2, 0) is 4.74 Å². The normalized spacial score (nSPS) is 12.7. The fourth-order valence-electron chi connectivity index (χ4n) is 1.88. The number of Topliss-reactive ketones (excluding diaryl/α,β-unsaturated/α-hetero) is 1. The molecule has 0 saturated heterocycles. The van der Waals surface area contributed by atoms with Crippen LogP contribution in [0.15, 0.2) is 24.3 Å². The molecule has 0 radical (unpaired) electrons. The van der Waals surface area contributed by atoms with Crippen LogP contribution in [0, 0.1) is 5.82 Å². The second-order valence-corrected chi connectivity index (χ2v) is 4.27. The molecular formula is C14H20FNO2. The van der Waals surface area contributed by atoms with Crippen LogP contribution >= 0.6 is 0 Å². The van der Waals surface area contributed by atoms with E-state index in [9.17, 15) is 9.18 Å². The van der Waals surface area contributed by atoms with E-state index in [2.05, 4.69) is 0 Å². The third-order valence-corrected chi connectivity index (χ3v) is 2.96. The lowest BCUT2D eigenvalue weighted by molar-refractivity contribution is 0.0785. The van der Waals surface area contributed by atoms with Crippen LogP contribution in [-0.4, -0.2) is 43.5 Å². The largest absolute Gasteiger partial charge is 0.383 e. The molecule has 0 heterocycles.